The number of carbonyl (C=O) groups is 1. The average Bonchev–Trinajstić information content (AvgIpc) is 3.26. The van der Waals surface area contributed by atoms with E-state index in [1.54, 1.807) is 24.3 Å². The second-order valence-electron chi connectivity index (χ2n) is 7.42. The first-order chi connectivity index (χ1) is 16.3. The third-order valence-corrected chi connectivity index (χ3v) is 6.05. The molecule has 0 aliphatic heterocycles. The lowest BCUT2D eigenvalue weighted by Crippen LogP contribution is -2.36. The zero-order valence-electron chi connectivity index (χ0n) is 18.8. The summed E-state index contributed by atoms with van der Waals surface area (Å²) in [5.74, 6) is -0.00737. The zero-order chi connectivity index (χ0) is 24.3. The molecule has 4 aromatic rings. The molecule has 0 spiro atoms. The minimum absolute atomic E-state index is 0.0265. The molecule has 4 rings (SSSR count). The second-order valence-corrected chi connectivity index (χ2v) is 9.25. The fraction of sp³-hybridized carbons (Fsp3) is 0.167. The molecule has 34 heavy (non-hydrogen) atoms. The number of nitrogens with one attached hydrogen (secondary N) is 1. The Morgan fingerprint density at radius 1 is 1.00 bits per heavy atom. The van der Waals surface area contributed by atoms with Crippen LogP contribution in [0.15, 0.2) is 66.7 Å². The first-order valence-electron chi connectivity index (χ1n) is 10.2. The summed E-state index contributed by atoms with van der Waals surface area (Å²) in [6.07, 6.45) is 0.937. The van der Waals surface area contributed by atoms with Crippen LogP contribution >= 0.6 is 0 Å². The Labute approximate surface area is 197 Å². The van der Waals surface area contributed by atoms with Crippen LogP contribution in [0.3, 0.4) is 0 Å². The van der Waals surface area contributed by atoms with Crippen molar-refractivity contribution in [3.63, 3.8) is 0 Å². The van der Waals surface area contributed by atoms with Crippen molar-refractivity contribution in [2.75, 3.05) is 24.8 Å². The first kappa shape index (κ1) is 23.1. The highest BCUT2D eigenvalue weighted by atomic mass is 32.2. The van der Waals surface area contributed by atoms with Gasteiger partial charge in [0.15, 0.2) is 0 Å². The molecule has 0 fully saturated rings. The van der Waals surface area contributed by atoms with Gasteiger partial charge in [-0.3, -0.25) is 4.79 Å². The van der Waals surface area contributed by atoms with Crippen molar-refractivity contribution in [3.05, 3.63) is 78.0 Å². The van der Waals surface area contributed by atoms with Gasteiger partial charge in [-0.1, -0.05) is 30.3 Å². The Bertz CT molecular complexity index is 1430. The predicted octanol–water partition coefficient (Wildman–Crippen LogP) is 3.77. The number of nitrogens with zero attached hydrogens (tertiary/aromatic N) is 2. The molecule has 0 radical (unpaired) electrons. The number of amides is 1. The molecule has 2 heterocycles. The number of pyridine rings is 1. The Kier molecular flexibility index (Phi) is 6.42. The number of rotatable bonds is 8. The Morgan fingerprint density at radius 3 is 2.44 bits per heavy atom. The summed E-state index contributed by atoms with van der Waals surface area (Å²) < 4.78 is 42.0. The summed E-state index contributed by atoms with van der Waals surface area (Å²) in [6.45, 7) is 0.397. The van der Waals surface area contributed by atoms with Crippen LogP contribution in [-0.4, -0.2) is 44.8 Å². The lowest BCUT2D eigenvalue weighted by Gasteiger charge is -2.21. The normalized spacial score (nSPS) is 11.3. The molecule has 9 nitrogen and oxygen atoms in total. The molecule has 10 heteroatoms. The summed E-state index contributed by atoms with van der Waals surface area (Å²) in [4.78, 5) is 20.4. The summed E-state index contributed by atoms with van der Waals surface area (Å²) in [5, 5.41) is 0.696. The number of hydrogen-bond acceptors (Lipinski definition) is 7. The van der Waals surface area contributed by atoms with Crippen molar-refractivity contribution in [1.29, 1.82) is 0 Å². The first-order valence-corrected chi connectivity index (χ1v) is 12.1. The van der Waals surface area contributed by atoms with E-state index in [4.69, 9.17) is 14.2 Å². The van der Waals surface area contributed by atoms with Gasteiger partial charge in [0.25, 0.3) is 5.91 Å². The number of hydrogen-bond donors (Lipinski definition) is 1. The Balaban J connectivity index is 1.66. The van der Waals surface area contributed by atoms with E-state index in [0.717, 1.165) is 11.8 Å². The van der Waals surface area contributed by atoms with Crippen molar-refractivity contribution >= 4 is 32.5 Å². The van der Waals surface area contributed by atoms with Crippen LogP contribution in [0.25, 0.3) is 10.9 Å². The van der Waals surface area contributed by atoms with Gasteiger partial charge < -0.3 is 19.2 Å². The average molecular weight is 482 g/mol. The lowest BCUT2D eigenvalue weighted by molar-refractivity contribution is 0.100. The van der Waals surface area contributed by atoms with Crippen molar-refractivity contribution in [2.24, 2.45) is 0 Å². The third kappa shape index (κ3) is 4.81. The van der Waals surface area contributed by atoms with Crippen LogP contribution in [-0.2, 0) is 16.6 Å². The monoisotopic (exact) mass is 481 g/mol. The molecule has 2 aromatic heterocycles. The van der Waals surface area contributed by atoms with Crippen LogP contribution in [0.2, 0.25) is 0 Å². The maximum atomic E-state index is 13.3. The fourth-order valence-electron chi connectivity index (χ4n) is 3.44. The number of aromatic amines is 1. The van der Waals surface area contributed by atoms with Gasteiger partial charge in [0.05, 0.1) is 20.5 Å². The number of aromatic nitrogens is 2. The molecule has 0 unspecified atom stereocenters. The number of sulfonamides is 1. The highest BCUT2D eigenvalue weighted by molar-refractivity contribution is 7.92. The highest BCUT2D eigenvalue weighted by Gasteiger charge is 2.31. The van der Waals surface area contributed by atoms with Crippen LogP contribution in [0.4, 0.5) is 5.69 Å². The Morgan fingerprint density at radius 2 is 1.76 bits per heavy atom. The third-order valence-electron chi connectivity index (χ3n) is 5.02. The van der Waals surface area contributed by atoms with E-state index in [1.165, 1.54) is 26.4 Å². The van der Waals surface area contributed by atoms with Crippen LogP contribution < -0.4 is 18.5 Å². The second kappa shape index (κ2) is 9.44. The maximum Gasteiger partial charge on any atom is 0.288 e. The summed E-state index contributed by atoms with van der Waals surface area (Å²) in [5.41, 5.74) is 1.74. The molecule has 0 atom stereocenters. The zero-order valence-corrected chi connectivity index (χ0v) is 19.6. The van der Waals surface area contributed by atoms with Gasteiger partial charge >= 0.3 is 0 Å². The van der Waals surface area contributed by atoms with Gasteiger partial charge in [-0.2, -0.15) is 9.29 Å². The van der Waals surface area contributed by atoms with Gasteiger partial charge in [-0.15, -0.1) is 0 Å². The van der Waals surface area contributed by atoms with Crippen molar-refractivity contribution in [3.8, 4) is 17.5 Å². The van der Waals surface area contributed by atoms with Crippen LogP contribution in [0.1, 0.15) is 16.1 Å². The molecule has 2 aromatic carbocycles. The van der Waals surface area contributed by atoms with E-state index in [-0.39, 0.29) is 23.1 Å². The van der Waals surface area contributed by atoms with Gasteiger partial charge in [-0.05, 0) is 35.9 Å². The molecule has 0 aliphatic rings. The van der Waals surface area contributed by atoms with Gasteiger partial charge in [0.1, 0.15) is 23.7 Å². The molecule has 0 saturated carbocycles. The van der Waals surface area contributed by atoms with E-state index >= 15 is 0 Å². The molecule has 0 aliphatic carbocycles. The van der Waals surface area contributed by atoms with E-state index in [2.05, 4.69) is 9.97 Å². The fourth-order valence-corrected chi connectivity index (χ4v) is 4.34. The quantitative estimate of drug-likeness (QED) is 0.408. The van der Waals surface area contributed by atoms with Crippen molar-refractivity contribution < 1.29 is 27.4 Å². The van der Waals surface area contributed by atoms with E-state index < -0.39 is 15.9 Å². The molecule has 1 N–H and O–H groups in total. The van der Waals surface area contributed by atoms with Gasteiger partial charge in [0.2, 0.25) is 21.8 Å². The minimum Gasteiger partial charge on any atom is -0.489 e. The molecule has 0 bridgehead atoms. The molecule has 176 valence electrons. The number of methoxy groups -OCH3 is 2. The SMILES string of the molecule is COc1ccc(N(C(=O)c2cc3cc(OCc4ccccc4)ccc3[nH]2)S(C)(=O)=O)c(OC)n1. The number of fused-ring (bicyclic) bond motifs is 1. The minimum atomic E-state index is -4.02. The maximum absolute atomic E-state index is 13.3. The smallest absolute Gasteiger partial charge is 0.288 e. The summed E-state index contributed by atoms with van der Waals surface area (Å²) >= 11 is 0. The van der Waals surface area contributed by atoms with E-state index in [9.17, 15) is 13.2 Å². The molecular formula is C24H23N3O6S. The number of H-pyrrole nitrogens is 1. The summed E-state index contributed by atoms with van der Waals surface area (Å²) in [7, 11) is -1.27. The number of carbonyl (C=O) groups excluding carboxylic acids is 1. The van der Waals surface area contributed by atoms with E-state index in [0.29, 0.717) is 27.6 Å². The topological polar surface area (TPSA) is 111 Å². The van der Waals surface area contributed by atoms with Gasteiger partial charge in [-0.25, -0.2) is 8.42 Å². The molecule has 0 saturated heterocycles. The van der Waals surface area contributed by atoms with Crippen molar-refractivity contribution in [2.45, 2.75) is 6.61 Å². The predicted molar refractivity (Wildman–Crippen MR) is 128 cm³/mol. The standard InChI is InChI=1S/C24H23N3O6S/c1-31-22-12-11-21(23(26-22)32-2)27(34(3,29)30)24(28)20-14-17-13-18(9-10-19(17)25-20)33-15-16-7-5-4-6-8-16/h4-14,25H,15H2,1-3H3. The Hall–Kier alpha value is -4.05. The number of ether oxygens (including phenoxy) is 3. The van der Waals surface area contributed by atoms with Crippen LogP contribution in [0, 0.1) is 0 Å². The number of benzene rings is 2. The molecular weight excluding hydrogens is 458 g/mol. The summed E-state index contributed by atoms with van der Waals surface area (Å²) in [6, 6.07) is 19.5. The largest absolute Gasteiger partial charge is 0.489 e. The lowest BCUT2D eigenvalue weighted by atomic mass is 10.2. The van der Waals surface area contributed by atoms with E-state index in [1.807, 2.05) is 30.3 Å². The highest BCUT2D eigenvalue weighted by Crippen LogP contribution is 2.32. The van der Waals surface area contributed by atoms with Gasteiger partial charge in [0, 0.05) is 17.0 Å². The van der Waals surface area contributed by atoms with Crippen LogP contribution in [0.5, 0.6) is 17.5 Å². The molecule has 1 amide bonds. The van der Waals surface area contributed by atoms with Crippen molar-refractivity contribution in [1.82, 2.24) is 9.97 Å². The number of anilines is 1.